The van der Waals surface area contributed by atoms with Gasteiger partial charge >= 0.3 is 0 Å². The maximum absolute atomic E-state index is 5.47. The van der Waals surface area contributed by atoms with Crippen LogP contribution >= 0.6 is 0 Å². The number of ether oxygens (including phenoxy) is 2. The summed E-state index contributed by atoms with van der Waals surface area (Å²) in [4.78, 5) is 5.03. The minimum absolute atomic E-state index is 0.731. The summed E-state index contributed by atoms with van der Waals surface area (Å²) in [7, 11) is 3.68. The Morgan fingerprint density at radius 3 is 2.60 bits per heavy atom. The van der Waals surface area contributed by atoms with Crippen LogP contribution in [0.2, 0.25) is 0 Å². The van der Waals surface area contributed by atoms with Gasteiger partial charge in [-0.15, -0.1) is 0 Å². The van der Waals surface area contributed by atoms with Crippen molar-refractivity contribution >= 4 is 5.69 Å². The second-order valence-electron chi connectivity index (χ2n) is 6.98. The molecule has 0 radical (unpaired) electrons. The normalized spacial score (nSPS) is 19.0. The summed E-state index contributed by atoms with van der Waals surface area (Å²) in [5, 5.41) is 4.33. The number of anilines is 1. The Morgan fingerprint density at radius 1 is 1.20 bits per heavy atom. The van der Waals surface area contributed by atoms with Crippen LogP contribution in [0, 0.1) is 5.92 Å². The predicted molar refractivity (Wildman–Crippen MR) is 98.2 cm³/mol. The highest BCUT2D eigenvalue weighted by atomic mass is 16.5. The van der Waals surface area contributed by atoms with E-state index in [0.29, 0.717) is 0 Å². The van der Waals surface area contributed by atoms with E-state index >= 15 is 0 Å². The van der Waals surface area contributed by atoms with Crippen LogP contribution in [0.1, 0.15) is 0 Å². The lowest BCUT2D eigenvalue weighted by molar-refractivity contribution is -0.0468. The molecule has 0 saturated carbocycles. The molecule has 3 heterocycles. The molecule has 2 aliphatic heterocycles. The van der Waals surface area contributed by atoms with E-state index in [0.717, 1.165) is 56.6 Å². The van der Waals surface area contributed by atoms with Crippen molar-refractivity contribution in [1.82, 2.24) is 14.7 Å². The smallest absolute Gasteiger partial charge is 0.120 e. The van der Waals surface area contributed by atoms with E-state index in [2.05, 4.69) is 33.2 Å². The zero-order valence-electron chi connectivity index (χ0n) is 15.0. The number of methoxy groups -OCH3 is 1. The topological polar surface area (TPSA) is 42.8 Å². The minimum atomic E-state index is 0.731. The van der Waals surface area contributed by atoms with Gasteiger partial charge in [-0.25, -0.2) is 0 Å². The average Bonchev–Trinajstić information content (AvgIpc) is 3.04. The molecule has 25 heavy (non-hydrogen) atoms. The van der Waals surface area contributed by atoms with E-state index in [1.54, 1.807) is 7.11 Å². The van der Waals surface area contributed by atoms with Gasteiger partial charge in [0, 0.05) is 74.8 Å². The van der Waals surface area contributed by atoms with Crippen LogP contribution in [-0.4, -0.2) is 67.7 Å². The van der Waals surface area contributed by atoms with Crippen molar-refractivity contribution in [3.63, 3.8) is 0 Å². The largest absolute Gasteiger partial charge is 0.497 e. The number of aromatic nitrogens is 2. The van der Waals surface area contributed by atoms with E-state index in [1.165, 1.54) is 17.8 Å². The van der Waals surface area contributed by atoms with Gasteiger partial charge in [-0.2, -0.15) is 5.10 Å². The Hall–Kier alpha value is -2.05. The van der Waals surface area contributed by atoms with Gasteiger partial charge in [0.05, 0.1) is 26.5 Å². The van der Waals surface area contributed by atoms with Crippen LogP contribution in [-0.2, 0) is 11.8 Å². The molecule has 0 N–H and O–H groups in total. The van der Waals surface area contributed by atoms with Crippen LogP contribution in [0.5, 0.6) is 5.75 Å². The second kappa shape index (κ2) is 7.06. The fraction of sp³-hybridized carbons (Fsp3) is 0.526. The van der Waals surface area contributed by atoms with Gasteiger partial charge in [0.1, 0.15) is 5.75 Å². The molecule has 2 fully saturated rings. The molecule has 6 nitrogen and oxygen atoms in total. The lowest BCUT2D eigenvalue weighted by atomic mass is 10.0. The molecule has 134 valence electrons. The van der Waals surface area contributed by atoms with Crippen molar-refractivity contribution in [2.45, 2.75) is 0 Å². The third-order valence-electron chi connectivity index (χ3n) is 5.16. The van der Waals surface area contributed by atoms with Crippen molar-refractivity contribution in [2.24, 2.45) is 13.0 Å². The van der Waals surface area contributed by atoms with Gasteiger partial charge < -0.3 is 14.4 Å². The van der Waals surface area contributed by atoms with Gasteiger partial charge in [0.25, 0.3) is 0 Å². The highest BCUT2D eigenvalue weighted by molar-refractivity contribution is 5.79. The van der Waals surface area contributed by atoms with Crippen molar-refractivity contribution in [3.05, 3.63) is 30.6 Å². The third kappa shape index (κ3) is 3.50. The molecule has 2 saturated heterocycles. The number of nitrogens with zero attached hydrogens (tertiary/aromatic N) is 4. The Balaban J connectivity index is 1.52. The number of benzene rings is 1. The van der Waals surface area contributed by atoms with Crippen molar-refractivity contribution in [1.29, 1.82) is 0 Å². The van der Waals surface area contributed by atoms with Crippen LogP contribution in [0.15, 0.2) is 30.6 Å². The Kier molecular flexibility index (Phi) is 4.63. The lowest BCUT2D eigenvalue weighted by Gasteiger charge is -2.39. The van der Waals surface area contributed by atoms with Gasteiger partial charge in [0.2, 0.25) is 0 Å². The third-order valence-corrected chi connectivity index (χ3v) is 5.16. The monoisotopic (exact) mass is 342 g/mol. The molecule has 1 aromatic heterocycles. The van der Waals surface area contributed by atoms with E-state index < -0.39 is 0 Å². The van der Waals surface area contributed by atoms with Crippen LogP contribution in [0.25, 0.3) is 11.1 Å². The molecule has 0 bridgehead atoms. The van der Waals surface area contributed by atoms with E-state index in [9.17, 15) is 0 Å². The Labute approximate surface area is 148 Å². The summed E-state index contributed by atoms with van der Waals surface area (Å²) in [6.45, 7) is 7.30. The molecule has 0 spiro atoms. The van der Waals surface area contributed by atoms with Crippen LogP contribution < -0.4 is 9.64 Å². The molecule has 0 atom stereocenters. The summed E-state index contributed by atoms with van der Waals surface area (Å²) in [5.74, 6) is 1.63. The maximum atomic E-state index is 5.47. The van der Waals surface area contributed by atoms with E-state index in [-0.39, 0.29) is 0 Å². The van der Waals surface area contributed by atoms with Gasteiger partial charge in [-0.05, 0) is 12.1 Å². The first-order chi connectivity index (χ1) is 12.2. The van der Waals surface area contributed by atoms with E-state index in [4.69, 9.17) is 9.47 Å². The first kappa shape index (κ1) is 16.4. The lowest BCUT2D eigenvalue weighted by Crippen LogP contribution is -2.50. The molecule has 1 aromatic carbocycles. The number of hydrogen-bond donors (Lipinski definition) is 0. The number of hydrogen-bond acceptors (Lipinski definition) is 5. The molecular formula is C19H26N4O2. The molecule has 2 aromatic rings. The van der Waals surface area contributed by atoms with E-state index in [1.807, 2.05) is 24.0 Å². The summed E-state index contributed by atoms with van der Waals surface area (Å²) in [6.07, 6.45) is 4.00. The quantitative estimate of drug-likeness (QED) is 0.830. The Morgan fingerprint density at radius 2 is 2.00 bits per heavy atom. The molecular weight excluding hydrogens is 316 g/mol. The molecule has 4 rings (SSSR count). The Bertz CT molecular complexity index is 718. The van der Waals surface area contributed by atoms with Crippen molar-refractivity contribution in [3.8, 4) is 16.9 Å². The van der Waals surface area contributed by atoms with Gasteiger partial charge in [-0.1, -0.05) is 0 Å². The zero-order chi connectivity index (χ0) is 17.2. The van der Waals surface area contributed by atoms with Gasteiger partial charge in [0.15, 0.2) is 0 Å². The highest BCUT2D eigenvalue weighted by Gasteiger charge is 2.25. The summed E-state index contributed by atoms with van der Waals surface area (Å²) >= 11 is 0. The summed E-state index contributed by atoms with van der Waals surface area (Å²) in [5.41, 5.74) is 3.60. The standard InChI is InChI=1S/C19H26N4O2/c1-21-12-16(10-20-21)18-4-3-17(24-2)9-19(18)23-7-5-22(6-8-23)11-15-13-25-14-15/h3-4,9-10,12,15H,5-8,11,13-14H2,1-2H3. The summed E-state index contributed by atoms with van der Waals surface area (Å²) in [6, 6.07) is 6.32. The van der Waals surface area contributed by atoms with Crippen LogP contribution in [0.3, 0.4) is 0 Å². The van der Waals surface area contributed by atoms with Crippen LogP contribution in [0.4, 0.5) is 5.69 Å². The second-order valence-corrected chi connectivity index (χ2v) is 6.98. The minimum Gasteiger partial charge on any atom is -0.497 e. The number of piperazine rings is 1. The van der Waals surface area contributed by atoms with Crippen molar-refractivity contribution in [2.75, 3.05) is 57.9 Å². The average molecular weight is 342 g/mol. The SMILES string of the molecule is COc1ccc(-c2cnn(C)c2)c(N2CCN(CC3COC3)CC2)c1. The predicted octanol–water partition coefficient (Wildman–Crippen LogP) is 1.86. The number of rotatable bonds is 5. The maximum Gasteiger partial charge on any atom is 0.120 e. The molecule has 0 unspecified atom stereocenters. The van der Waals surface area contributed by atoms with Crippen molar-refractivity contribution < 1.29 is 9.47 Å². The summed E-state index contributed by atoms with van der Waals surface area (Å²) < 4.78 is 12.6. The molecule has 6 heteroatoms. The number of aryl methyl sites for hydroxylation is 1. The molecule has 2 aliphatic rings. The zero-order valence-corrected chi connectivity index (χ0v) is 15.0. The fourth-order valence-electron chi connectivity index (χ4n) is 3.63. The first-order valence-corrected chi connectivity index (χ1v) is 8.95. The first-order valence-electron chi connectivity index (χ1n) is 8.95. The molecule has 0 aliphatic carbocycles. The molecule has 0 amide bonds. The highest BCUT2D eigenvalue weighted by Crippen LogP contribution is 2.34. The van der Waals surface area contributed by atoms with Gasteiger partial charge in [-0.3, -0.25) is 9.58 Å². The fourth-order valence-corrected chi connectivity index (χ4v) is 3.63.